The third-order valence-electron chi connectivity index (χ3n) is 3.55. The summed E-state index contributed by atoms with van der Waals surface area (Å²) >= 11 is 0. The number of hydrogen-bond acceptors (Lipinski definition) is 5. The van der Waals surface area contributed by atoms with Crippen molar-refractivity contribution < 1.29 is 5.11 Å². The summed E-state index contributed by atoms with van der Waals surface area (Å²) in [4.78, 5) is 8.20. The lowest BCUT2D eigenvalue weighted by molar-refractivity contribution is 0.0942. The molecule has 0 bridgehead atoms. The maximum absolute atomic E-state index is 9.57. The Morgan fingerprint density at radius 3 is 2.76 bits per heavy atom. The summed E-state index contributed by atoms with van der Waals surface area (Å²) in [6.45, 7) is 0.940. The third kappa shape index (κ3) is 3.06. The first kappa shape index (κ1) is 12.1. The Balaban J connectivity index is 1.95. The minimum absolute atomic E-state index is 0.00772. The zero-order chi connectivity index (χ0) is 12.1. The van der Waals surface area contributed by atoms with Gasteiger partial charge in [-0.25, -0.2) is 4.98 Å². The summed E-state index contributed by atoms with van der Waals surface area (Å²) in [5.74, 6) is 1.01. The summed E-state index contributed by atoms with van der Waals surface area (Å²) in [5, 5.41) is 12.8. The smallest absolute Gasteiger partial charge is 0.224 e. The molecular formula is C12H20N4O. The molecule has 5 heteroatoms. The summed E-state index contributed by atoms with van der Waals surface area (Å²) in [6, 6.07) is 1.66. The van der Waals surface area contributed by atoms with Gasteiger partial charge in [0, 0.05) is 18.2 Å². The Kier molecular flexibility index (Phi) is 3.78. The maximum Gasteiger partial charge on any atom is 0.224 e. The van der Waals surface area contributed by atoms with Gasteiger partial charge in [-0.2, -0.15) is 4.98 Å². The number of aliphatic hydroxyl groups is 1. The molecule has 0 radical (unpaired) electrons. The maximum atomic E-state index is 9.57. The molecule has 0 atom stereocenters. The first-order chi connectivity index (χ1) is 8.24. The van der Waals surface area contributed by atoms with E-state index in [0.717, 1.165) is 12.8 Å². The summed E-state index contributed by atoms with van der Waals surface area (Å²) < 4.78 is 0. The van der Waals surface area contributed by atoms with Crippen LogP contribution in [0.3, 0.4) is 0 Å². The Hall–Kier alpha value is -1.36. The predicted octanol–water partition coefficient (Wildman–Crippen LogP) is 1.41. The number of anilines is 2. The van der Waals surface area contributed by atoms with Gasteiger partial charge in [0.1, 0.15) is 5.82 Å². The van der Waals surface area contributed by atoms with E-state index in [9.17, 15) is 5.11 Å². The number of nitrogens with one attached hydrogen (secondary N) is 1. The Morgan fingerprint density at radius 1 is 1.35 bits per heavy atom. The van der Waals surface area contributed by atoms with Crippen molar-refractivity contribution in [2.45, 2.75) is 32.1 Å². The van der Waals surface area contributed by atoms with Crippen LogP contribution in [0.5, 0.6) is 0 Å². The fraction of sp³-hybridized carbons (Fsp3) is 0.667. The van der Waals surface area contributed by atoms with Crippen molar-refractivity contribution in [3.05, 3.63) is 12.3 Å². The SMILES string of the molecule is Nc1ccnc(NCC2(CO)CCCCC2)n1. The second kappa shape index (κ2) is 5.31. The van der Waals surface area contributed by atoms with Gasteiger partial charge < -0.3 is 16.2 Å². The van der Waals surface area contributed by atoms with Gasteiger partial charge >= 0.3 is 0 Å². The van der Waals surface area contributed by atoms with Crippen LogP contribution in [-0.4, -0.2) is 28.2 Å². The molecule has 1 aromatic rings. The second-order valence-corrected chi connectivity index (χ2v) is 4.88. The molecule has 1 heterocycles. The second-order valence-electron chi connectivity index (χ2n) is 4.88. The van der Waals surface area contributed by atoms with Gasteiger partial charge in [-0.1, -0.05) is 19.3 Å². The fourth-order valence-corrected chi connectivity index (χ4v) is 2.42. The van der Waals surface area contributed by atoms with E-state index in [0.29, 0.717) is 18.3 Å². The molecule has 94 valence electrons. The van der Waals surface area contributed by atoms with Gasteiger partial charge in [0.25, 0.3) is 0 Å². The van der Waals surface area contributed by atoms with Gasteiger partial charge in [0.2, 0.25) is 5.95 Å². The molecule has 4 N–H and O–H groups in total. The molecule has 1 saturated carbocycles. The minimum atomic E-state index is -0.00772. The van der Waals surface area contributed by atoms with Crippen LogP contribution >= 0.6 is 0 Å². The van der Waals surface area contributed by atoms with Crippen molar-refractivity contribution in [2.24, 2.45) is 5.41 Å². The highest BCUT2D eigenvalue weighted by atomic mass is 16.3. The van der Waals surface area contributed by atoms with E-state index in [1.54, 1.807) is 12.3 Å². The zero-order valence-electron chi connectivity index (χ0n) is 10.0. The van der Waals surface area contributed by atoms with E-state index in [-0.39, 0.29) is 12.0 Å². The van der Waals surface area contributed by atoms with Crippen molar-refractivity contribution in [3.8, 4) is 0 Å². The van der Waals surface area contributed by atoms with Crippen LogP contribution in [0.15, 0.2) is 12.3 Å². The van der Waals surface area contributed by atoms with Crippen LogP contribution in [0.25, 0.3) is 0 Å². The van der Waals surface area contributed by atoms with E-state index in [1.807, 2.05) is 0 Å². The molecule has 0 spiro atoms. The molecule has 0 aromatic carbocycles. The molecule has 17 heavy (non-hydrogen) atoms. The first-order valence-corrected chi connectivity index (χ1v) is 6.17. The first-order valence-electron chi connectivity index (χ1n) is 6.17. The summed E-state index contributed by atoms with van der Waals surface area (Å²) in [7, 11) is 0. The van der Waals surface area contributed by atoms with Gasteiger partial charge in [0.05, 0.1) is 6.61 Å². The number of hydrogen-bond donors (Lipinski definition) is 3. The molecule has 5 nitrogen and oxygen atoms in total. The molecule has 0 aliphatic heterocycles. The Bertz CT molecular complexity index is 363. The number of aromatic nitrogens is 2. The number of nitrogens with two attached hydrogens (primary N) is 1. The minimum Gasteiger partial charge on any atom is -0.396 e. The molecule has 1 aromatic heterocycles. The van der Waals surface area contributed by atoms with Gasteiger partial charge in [-0.3, -0.25) is 0 Å². The molecule has 1 aliphatic rings. The van der Waals surface area contributed by atoms with Gasteiger partial charge in [-0.15, -0.1) is 0 Å². The summed E-state index contributed by atoms with van der Waals surface area (Å²) in [5.41, 5.74) is 5.58. The lowest BCUT2D eigenvalue weighted by atomic mass is 9.74. The van der Waals surface area contributed by atoms with Crippen molar-refractivity contribution in [1.29, 1.82) is 0 Å². The highest BCUT2D eigenvalue weighted by molar-refractivity contribution is 5.35. The van der Waals surface area contributed by atoms with Crippen molar-refractivity contribution in [2.75, 3.05) is 24.2 Å². The third-order valence-corrected chi connectivity index (χ3v) is 3.55. The average Bonchev–Trinajstić information content (AvgIpc) is 2.38. The van der Waals surface area contributed by atoms with E-state index in [1.165, 1.54) is 19.3 Å². The molecule has 0 amide bonds. The highest BCUT2D eigenvalue weighted by Gasteiger charge is 2.31. The van der Waals surface area contributed by atoms with E-state index < -0.39 is 0 Å². The summed E-state index contributed by atoms with van der Waals surface area (Å²) in [6.07, 6.45) is 7.44. The molecule has 0 saturated heterocycles. The average molecular weight is 236 g/mol. The van der Waals surface area contributed by atoms with Crippen molar-refractivity contribution >= 4 is 11.8 Å². The predicted molar refractivity (Wildman–Crippen MR) is 67.5 cm³/mol. The Morgan fingerprint density at radius 2 is 2.12 bits per heavy atom. The van der Waals surface area contributed by atoms with E-state index in [4.69, 9.17) is 5.73 Å². The number of nitrogens with zero attached hydrogens (tertiary/aromatic N) is 2. The van der Waals surface area contributed by atoms with Crippen LogP contribution in [0.4, 0.5) is 11.8 Å². The Labute approximate surface area is 101 Å². The van der Waals surface area contributed by atoms with Crippen LogP contribution in [0.2, 0.25) is 0 Å². The van der Waals surface area contributed by atoms with Crippen LogP contribution < -0.4 is 11.1 Å². The number of rotatable bonds is 4. The number of nitrogen functional groups attached to an aromatic ring is 1. The fourth-order valence-electron chi connectivity index (χ4n) is 2.42. The molecule has 1 fully saturated rings. The zero-order valence-corrected chi connectivity index (χ0v) is 10.0. The van der Waals surface area contributed by atoms with Gasteiger partial charge in [-0.05, 0) is 18.9 Å². The van der Waals surface area contributed by atoms with Crippen LogP contribution in [0, 0.1) is 5.41 Å². The van der Waals surface area contributed by atoms with Gasteiger partial charge in [0.15, 0.2) is 0 Å². The lowest BCUT2D eigenvalue weighted by Gasteiger charge is -2.35. The normalized spacial score (nSPS) is 18.9. The molecular weight excluding hydrogens is 216 g/mol. The van der Waals surface area contributed by atoms with Crippen LogP contribution in [-0.2, 0) is 0 Å². The van der Waals surface area contributed by atoms with Crippen LogP contribution in [0.1, 0.15) is 32.1 Å². The number of aliphatic hydroxyl groups excluding tert-OH is 1. The topological polar surface area (TPSA) is 84.1 Å². The quantitative estimate of drug-likeness (QED) is 0.736. The molecule has 1 aliphatic carbocycles. The van der Waals surface area contributed by atoms with Crippen molar-refractivity contribution in [3.63, 3.8) is 0 Å². The van der Waals surface area contributed by atoms with E-state index >= 15 is 0 Å². The monoisotopic (exact) mass is 236 g/mol. The largest absolute Gasteiger partial charge is 0.396 e. The molecule has 0 unspecified atom stereocenters. The molecule has 2 rings (SSSR count). The standard InChI is InChI=1S/C12H20N4O/c13-10-4-7-14-11(16-10)15-8-12(9-17)5-2-1-3-6-12/h4,7,17H,1-3,5-6,8-9H2,(H3,13,14,15,16). The highest BCUT2D eigenvalue weighted by Crippen LogP contribution is 2.35. The lowest BCUT2D eigenvalue weighted by Crippen LogP contribution is -2.35. The van der Waals surface area contributed by atoms with Crippen molar-refractivity contribution in [1.82, 2.24) is 9.97 Å². The van der Waals surface area contributed by atoms with E-state index in [2.05, 4.69) is 15.3 Å².